The van der Waals surface area contributed by atoms with Crippen LogP contribution in [0, 0.1) is 10.4 Å². The zero-order chi connectivity index (χ0) is 2.71. The molecule has 0 saturated heterocycles. The molecule has 0 atom stereocenters. The summed E-state index contributed by atoms with van der Waals surface area (Å²) >= 11 is 1.82. The molecule has 0 rings (SSSR count). The molecule has 4 heavy (non-hydrogen) atoms. The number of halogens is 1. The lowest BCUT2D eigenvalue weighted by molar-refractivity contribution is 2.50. The third kappa shape index (κ3) is 45.3. The first-order valence-electron chi connectivity index (χ1n) is 0.478. The van der Waals surface area contributed by atoms with E-state index in [1.54, 1.807) is 0 Å². The normalized spacial score (nSPS) is 2.00. The van der Waals surface area contributed by atoms with E-state index in [0.717, 1.165) is 0 Å². The molecule has 0 heterocycles. The van der Waals surface area contributed by atoms with Crippen molar-refractivity contribution >= 4 is 22.6 Å². The quantitative estimate of drug-likeness (QED) is 0.381. The van der Waals surface area contributed by atoms with Gasteiger partial charge in [0.05, 0.1) is 0 Å². The monoisotopic (exact) mass is 168 g/mol. The van der Waals surface area contributed by atoms with Gasteiger partial charge in [-0.15, -0.1) is 6.42 Å². The highest BCUT2D eigenvalue weighted by atomic mass is 127. The molecule has 0 saturated carbocycles. The van der Waals surface area contributed by atoms with Crippen LogP contribution in [0.5, 0.6) is 0 Å². The summed E-state index contributed by atoms with van der Waals surface area (Å²) in [5.74, 6) is 0. The molecule has 0 bridgehead atoms. The topological polar surface area (TPSA) is 0 Å². The maximum Gasteiger partial charge on any atom is 0.0178 e. The first kappa shape index (κ1) is 8.85. The highest BCUT2D eigenvalue weighted by molar-refractivity contribution is 14.1. The van der Waals surface area contributed by atoms with E-state index in [0.29, 0.717) is 0 Å². The molecule has 24 valence electrons. The van der Waals surface area contributed by atoms with Crippen molar-refractivity contribution in [3.63, 3.8) is 0 Å². The molecule has 1 heteroatoms. The van der Waals surface area contributed by atoms with Crippen LogP contribution in [0.4, 0.5) is 0 Å². The van der Waals surface area contributed by atoms with Crippen molar-refractivity contribution < 1.29 is 0 Å². The van der Waals surface area contributed by atoms with Crippen molar-refractivity contribution in [2.45, 2.75) is 7.43 Å². The fourth-order valence-electron chi connectivity index (χ4n) is 0. The smallest absolute Gasteiger partial charge is 0.0178 e. The Morgan fingerprint density at radius 2 is 1.75 bits per heavy atom. The lowest BCUT2D eigenvalue weighted by Crippen LogP contribution is -0.916. The molecule has 0 amide bonds. The van der Waals surface area contributed by atoms with Crippen LogP contribution in [0.2, 0.25) is 0 Å². The molecule has 0 fully saturated rings. The maximum absolute atomic E-state index is 4.58. The van der Waals surface area contributed by atoms with E-state index < -0.39 is 0 Å². The van der Waals surface area contributed by atoms with Crippen molar-refractivity contribution in [2.75, 3.05) is 0 Å². The van der Waals surface area contributed by atoms with Gasteiger partial charge in [0.1, 0.15) is 0 Å². The van der Waals surface area contributed by atoms with E-state index in [1.807, 2.05) is 22.6 Å². The Morgan fingerprint density at radius 1 is 1.75 bits per heavy atom. The van der Waals surface area contributed by atoms with Gasteiger partial charge in [0.15, 0.2) is 0 Å². The lowest BCUT2D eigenvalue weighted by atomic mass is 11.4. The average Bonchev–Trinajstić information content (AvgIpc) is 0.918. The lowest BCUT2D eigenvalue weighted by Gasteiger charge is -1.18. The zero-order valence-electron chi connectivity index (χ0n) is 1.46. The molecule has 0 aromatic rings. The summed E-state index contributed by atoms with van der Waals surface area (Å²) in [7, 11) is 0. The Labute approximate surface area is 40.7 Å². The molecule has 0 unspecified atom stereocenters. The molecule has 0 spiro atoms. The summed E-state index contributed by atoms with van der Waals surface area (Å²) in [4.78, 5) is 0. The van der Waals surface area contributed by atoms with Crippen LogP contribution in [0.1, 0.15) is 7.43 Å². The third-order valence-corrected chi connectivity index (χ3v) is 0. The molecule has 0 radical (unpaired) electrons. The standard InChI is InChI=1S/C2HI.CH4/c1-2-3;/h1H;1H4. The molecule has 0 nitrogen and oxygen atoms in total. The zero-order valence-corrected chi connectivity index (χ0v) is 3.61. The second kappa shape index (κ2) is 10.4. The Balaban J connectivity index is 0. The fourth-order valence-corrected chi connectivity index (χ4v) is 0. The highest BCUT2D eigenvalue weighted by Gasteiger charge is 1.13. The molecule has 0 aromatic carbocycles. The Hall–Kier alpha value is 0.290. The van der Waals surface area contributed by atoms with Gasteiger partial charge in [0, 0.05) is 22.6 Å². The summed E-state index contributed by atoms with van der Waals surface area (Å²) in [5.41, 5.74) is 0. The predicted molar refractivity (Wildman–Crippen MR) is 29.6 cm³/mol. The minimum absolute atomic E-state index is 0. The van der Waals surface area contributed by atoms with Gasteiger partial charge in [-0.05, 0) is 3.93 Å². The van der Waals surface area contributed by atoms with Crippen LogP contribution in [0.25, 0.3) is 0 Å². The summed E-state index contributed by atoms with van der Waals surface area (Å²) < 4.78 is 2.22. The van der Waals surface area contributed by atoms with E-state index >= 15 is 0 Å². The third-order valence-electron chi connectivity index (χ3n) is 0. The van der Waals surface area contributed by atoms with Crippen LogP contribution in [-0.2, 0) is 0 Å². The SMILES string of the molecule is C.C#CI. The van der Waals surface area contributed by atoms with Crippen molar-refractivity contribution in [2.24, 2.45) is 0 Å². The van der Waals surface area contributed by atoms with E-state index in [9.17, 15) is 0 Å². The van der Waals surface area contributed by atoms with Crippen LogP contribution in [0.15, 0.2) is 0 Å². The highest BCUT2D eigenvalue weighted by Crippen LogP contribution is 1.60. The van der Waals surface area contributed by atoms with Crippen molar-refractivity contribution in [1.82, 2.24) is 0 Å². The van der Waals surface area contributed by atoms with Crippen LogP contribution >= 0.6 is 22.6 Å². The fraction of sp³-hybridized carbons (Fsp3) is 0.333. The minimum atomic E-state index is 0. The molecular formula is C3H5I. The van der Waals surface area contributed by atoms with Gasteiger partial charge < -0.3 is 0 Å². The largest absolute Gasteiger partial charge is 0.109 e. The van der Waals surface area contributed by atoms with E-state index in [-0.39, 0.29) is 7.43 Å². The molecule has 0 aliphatic heterocycles. The maximum atomic E-state index is 4.58. The average molecular weight is 168 g/mol. The molecular weight excluding hydrogens is 163 g/mol. The summed E-state index contributed by atoms with van der Waals surface area (Å²) in [6.07, 6.45) is 4.58. The Kier molecular flexibility index (Phi) is 23.0. The van der Waals surface area contributed by atoms with Crippen molar-refractivity contribution in [3.05, 3.63) is 0 Å². The van der Waals surface area contributed by atoms with Gasteiger partial charge in [0.25, 0.3) is 0 Å². The molecule has 0 aromatic heterocycles. The second-order valence-corrected chi connectivity index (χ2v) is 0.732. The van der Waals surface area contributed by atoms with Gasteiger partial charge in [-0.1, -0.05) is 7.43 Å². The van der Waals surface area contributed by atoms with Crippen LogP contribution < -0.4 is 0 Å². The molecule has 0 N–H and O–H groups in total. The van der Waals surface area contributed by atoms with E-state index in [4.69, 9.17) is 0 Å². The first-order valence-corrected chi connectivity index (χ1v) is 1.56. The molecule has 0 aliphatic rings. The van der Waals surface area contributed by atoms with Crippen LogP contribution in [0.3, 0.4) is 0 Å². The summed E-state index contributed by atoms with van der Waals surface area (Å²) in [6, 6.07) is 0. The number of hydrogen-bond donors (Lipinski definition) is 0. The molecule has 0 aliphatic carbocycles. The first-order chi connectivity index (χ1) is 1.41. The number of terminal acetylenes is 1. The van der Waals surface area contributed by atoms with Gasteiger partial charge in [-0.25, -0.2) is 0 Å². The van der Waals surface area contributed by atoms with Gasteiger partial charge in [-0.3, -0.25) is 0 Å². The number of hydrogen-bond acceptors (Lipinski definition) is 0. The Morgan fingerprint density at radius 3 is 1.75 bits per heavy atom. The minimum Gasteiger partial charge on any atom is -0.109 e. The summed E-state index contributed by atoms with van der Waals surface area (Å²) in [6.45, 7) is 0. The second-order valence-electron chi connectivity index (χ2n) is 0.109. The van der Waals surface area contributed by atoms with E-state index in [1.165, 1.54) is 0 Å². The van der Waals surface area contributed by atoms with E-state index in [2.05, 4.69) is 10.4 Å². The van der Waals surface area contributed by atoms with Gasteiger partial charge in [-0.2, -0.15) is 0 Å². The Bertz CT molecular complexity index is 24.8. The van der Waals surface area contributed by atoms with Gasteiger partial charge >= 0.3 is 0 Å². The predicted octanol–water partition coefficient (Wildman–Crippen LogP) is 1.65. The summed E-state index contributed by atoms with van der Waals surface area (Å²) in [5, 5.41) is 0. The van der Waals surface area contributed by atoms with Crippen molar-refractivity contribution in [1.29, 1.82) is 0 Å². The van der Waals surface area contributed by atoms with Crippen LogP contribution in [-0.4, -0.2) is 0 Å². The number of rotatable bonds is 0. The van der Waals surface area contributed by atoms with Gasteiger partial charge in [0.2, 0.25) is 0 Å². The van der Waals surface area contributed by atoms with Crippen molar-refractivity contribution in [3.8, 4) is 10.4 Å².